The van der Waals surface area contributed by atoms with E-state index < -0.39 is 0 Å². The van der Waals surface area contributed by atoms with Crippen LogP contribution in [0.25, 0.3) is 88.4 Å². The van der Waals surface area contributed by atoms with Crippen molar-refractivity contribution in [2.45, 2.75) is 0 Å². The Bertz CT molecular complexity index is 2320. The third kappa shape index (κ3) is 3.96. The molecule has 0 saturated heterocycles. The summed E-state index contributed by atoms with van der Waals surface area (Å²) in [5.41, 5.74) is 12.5. The van der Waals surface area contributed by atoms with Crippen LogP contribution < -0.4 is 0 Å². The lowest BCUT2D eigenvalue weighted by molar-refractivity contribution is 0.658. The van der Waals surface area contributed by atoms with Crippen molar-refractivity contribution < 1.29 is 8.83 Å². The minimum atomic E-state index is 0.840. The van der Waals surface area contributed by atoms with Gasteiger partial charge >= 0.3 is 0 Å². The highest BCUT2D eigenvalue weighted by atomic mass is 16.3. The topological polar surface area (TPSA) is 26.3 Å². The van der Waals surface area contributed by atoms with Crippen molar-refractivity contribution in [2.75, 3.05) is 0 Å². The Hall–Kier alpha value is -5.86. The van der Waals surface area contributed by atoms with E-state index in [1.165, 1.54) is 22.3 Å². The fraction of sp³-hybridized carbons (Fsp3) is 0. The second kappa shape index (κ2) is 9.86. The maximum Gasteiger partial charge on any atom is 0.147 e. The van der Waals surface area contributed by atoms with E-state index in [2.05, 4.69) is 152 Å². The largest absolute Gasteiger partial charge is 0.455 e. The van der Waals surface area contributed by atoms with Gasteiger partial charge in [-0.2, -0.15) is 0 Å². The monoisotopic (exact) mass is 562 g/mol. The van der Waals surface area contributed by atoms with Gasteiger partial charge in [0.05, 0.1) is 5.56 Å². The van der Waals surface area contributed by atoms with E-state index in [0.29, 0.717) is 0 Å². The van der Waals surface area contributed by atoms with Crippen molar-refractivity contribution >= 4 is 43.9 Å². The molecule has 0 unspecified atom stereocenters. The molecule has 0 bridgehead atoms. The van der Waals surface area contributed by atoms with Crippen LogP contribution in [-0.4, -0.2) is 0 Å². The molecule has 2 nitrogen and oxygen atoms in total. The number of hydrogen-bond donors (Lipinski definition) is 0. The lowest BCUT2D eigenvalue weighted by Crippen LogP contribution is -1.83. The molecule has 9 rings (SSSR count). The van der Waals surface area contributed by atoms with Crippen LogP contribution in [0.4, 0.5) is 0 Å². The predicted molar refractivity (Wildman–Crippen MR) is 183 cm³/mol. The van der Waals surface area contributed by atoms with Crippen LogP contribution in [0, 0.1) is 0 Å². The summed E-state index contributed by atoms with van der Waals surface area (Å²) in [6, 6.07) is 55.4. The minimum Gasteiger partial charge on any atom is -0.455 e. The Morgan fingerprint density at radius 2 is 0.636 bits per heavy atom. The molecule has 2 aromatic heterocycles. The lowest BCUT2D eigenvalue weighted by Gasteiger charge is -2.07. The van der Waals surface area contributed by atoms with Gasteiger partial charge in [0.25, 0.3) is 0 Å². The number of furan rings is 2. The number of hydrogen-bond acceptors (Lipinski definition) is 2. The summed E-state index contributed by atoms with van der Waals surface area (Å²) >= 11 is 0. The average Bonchev–Trinajstić information content (AvgIpc) is 3.65. The molecule has 2 heterocycles. The quantitative estimate of drug-likeness (QED) is 0.213. The van der Waals surface area contributed by atoms with Gasteiger partial charge in [-0.1, -0.05) is 127 Å². The summed E-state index contributed by atoms with van der Waals surface area (Å²) in [6.07, 6.45) is 0. The summed E-state index contributed by atoms with van der Waals surface area (Å²) in [7, 11) is 0. The Balaban J connectivity index is 1.33. The fourth-order valence-electron chi connectivity index (χ4n) is 6.48. The second-order valence-electron chi connectivity index (χ2n) is 11.3. The molecule has 0 radical (unpaired) electrons. The molecule has 206 valence electrons. The van der Waals surface area contributed by atoms with E-state index in [4.69, 9.17) is 8.83 Å². The van der Waals surface area contributed by atoms with Crippen LogP contribution in [0.2, 0.25) is 0 Å². The van der Waals surface area contributed by atoms with Crippen LogP contribution in [0.15, 0.2) is 167 Å². The van der Waals surface area contributed by atoms with Crippen LogP contribution >= 0.6 is 0 Å². The zero-order valence-electron chi connectivity index (χ0n) is 23.8. The first-order valence-electron chi connectivity index (χ1n) is 14.9. The third-order valence-electron chi connectivity index (χ3n) is 8.69. The first kappa shape index (κ1) is 24.7. The maximum atomic E-state index is 6.68. The Kier molecular flexibility index (Phi) is 5.54. The van der Waals surface area contributed by atoms with Gasteiger partial charge in [0.15, 0.2) is 0 Å². The lowest BCUT2D eigenvalue weighted by atomic mass is 9.95. The van der Waals surface area contributed by atoms with Gasteiger partial charge in [0.2, 0.25) is 0 Å². The average molecular weight is 563 g/mol. The highest BCUT2D eigenvalue weighted by Gasteiger charge is 2.22. The third-order valence-corrected chi connectivity index (χ3v) is 8.69. The molecule has 0 fully saturated rings. The summed E-state index contributed by atoms with van der Waals surface area (Å²) in [5, 5.41) is 4.36. The zero-order valence-corrected chi connectivity index (χ0v) is 23.8. The molecular weight excluding hydrogens is 536 g/mol. The second-order valence-corrected chi connectivity index (χ2v) is 11.3. The van der Waals surface area contributed by atoms with E-state index in [9.17, 15) is 0 Å². The van der Waals surface area contributed by atoms with E-state index >= 15 is 0 Å². The normalized spacial score (nSPS) is 11.6. The van der Waals surface area contributed by atoms with Gasteiger partial charge in [-0.05, 0) is 69.3 Å². The molecule has 0 aliphatic rings. The Morgan fingerprint density at radius 1 is 0.273 bits per heavy atom. The summed E-state index contributed by atoms with van der Waals surface area (Å²) in [6.45, 7) is 0. The van der Waals surface area contributed by atoms with Crippen LogP contribution in [0.3, 0.4) is 0 Å². The minimum absolute atomic E-state index is 0.840. The van der Waals surface area contributed by atoms with E-state index in [1.807, 2.05) is 6.07 Å². The van der Waals surface area contributed by atoms with Crippen molar-refractivity contribution in [2.24, 2.45) is 0 Å². The highest BCUT2D eigenvalue weighted by molar-refractivity contribution is 6.22. The van der Waals surface area contributed by atoms with Gasteiger partial charge in [-0.15, -0.1) is 0 Å². The van der Waals surface area contributed by atoms with E-state index in [-0.39, 0.29) is 0 Å². The van der Waals surface area contributed by atoms with Gasteiger partial charge < -0.3 is 8.83 Å². The van der Waals surface area contributed by atoms with Crippen molar-refractivity contribution in [3.63, 3.8) is 0 Å². The van der Waals surface area contributed by atoms with Gasteiger partial charge in [0, 0.05) is 21.5 Å². The van der Waals surface area contributed by atoms with Gasteiger partial charge in [0.1, 0.15) is 22.3 Å². The summed E-state index contributed by atoms with van der Waals surface area (Å²) in [5.74, 6) is 0. The fourth-order valence-corrected chi connectivity index (χ4v) is 6.48. The molecule has 0 spiro atoms. The molecule has 0 atom stereocenters. The van der Waals surface area contributed by atoms with Gasteiger partial charge in [-0.3, -0.25) is 0 Å². The molecule has 0 aliphatic carbocycles. The Labute approximate surface area is 254 Å². The van der Waals surface area contributed by atoms with E-state index in [1.54, 1.807) is 0 Å². The first-order valence-corrected chi connectivity index (χ1v) is 14.9. The molecular formula is C42H26O2. The number of fused-ring (bicyclic) bond motifs is 6. The zero-order chi connectivity index (χ0) is 29.0. The molecule has 0 aliphatic heterocycles. The Morgan fingerprint density at radius 3 is 1.09 bits per heavy atom. The van der Waals surface area contributed by atoms with Crippen molar-refractivity contribution in [1.82, 2.24) is 0 Å². The smallest absolute Gasteiger partial charge is 0.147 e. The maximum absolute atomic E-state index is 6.68. The molecule has 0 saturated carbocycles. The van der Waals surface area contributed by atoms with Crippen LogP contribution in [0.5, 0.6) is 0 Å². The first-order chi connectivity index (χ1) is 21.8. The number of rotatable bonds is 4. The molecule has 2 heteroatoms. The van der Waals surface area contributed by atoms with Crippen molar-refractivity contribution in [1.29, 1.82) is 0 Å². The van der Waals surface area contributed by atoms with E-state index in [0.717, 1.165) is 66.1 Å². The molecule has 7 aromatic carbocycles. The molecule has 9 aromatic rings. The SMILES string of the molecule is c1ccc(-c2ccc(-c3c4oc5ccc(-c6ccccc6)cc5c4cc4c3oc3ccc(-c5ccccc5)cc34)cc2)cc1. The van der Waals surface area contributed by atoms with Gasteiger partial charge in [-0.25, -0.2) is 0 Å². The summed E-state index contributed by atoms with van der Waals surface area (Å²) in [4.78, 5) is 0. The van der Waals surface area contributed by atoms with Crippen LogP contribution in [0.1, 0.15) is 0 Å². The predicted octanol–water partition coefficient (Wildman–Crippen LogP) is 12.2. The molecule has 44 heavy (non-hydrogen) atoms. The number of benzene rings is 7. The van der Waals surface area contributed by atoms with Crippen molar-refractivity contribution in [3.8, 4) is 44.5 Å². The van der Waals surface area contributed by atoms with Crippen molar-refractivity contribution in [3.05, 3.63) is 158 Å². The van der Waals surface area contributed by atoms with Crippen LogP contribution in [-0.2, 0) is 0 Å². The standard InChI is InChI=1S/C42H26O2/c1-4-10-27(11-5-1)30-16-18-31(19-17-30)40-41-36(34-24-32(20-22-38(34)43-41)28-12-6-2-7-13-28)26-37-35-25-33(29-14-8-3-9-15-29)21-23-39(35)44-42(37)40/h1-26H. The molecule has 0 amide bonds. The highest BCUT2D eigenvalue weighted by Crippen LogP contribution is 2.45. The summed E-state index contributed by atoms with van der Waals surface area (Å²) < 4.78 is 13.4. The molecule has 0 N–H and O–H groups in total.